The van der Waals surface area contributed by atoms with Crippen molar-refractivity contribution in [2.24, 2.45) is 11.8 Å². The van der Waals surface area contributed by atoms with Crippen molar-refractivity contribution in [1.29, 1.82) is 0 Å². The number of piperidine rings is 1. The summed E-state index contributed by atoms with van der Waals surface area (Å²) in [4.78, 5) is 32.1. The normalized spacial score (nSPS) is 24.9. The summed E-state index contributed by atoms with van der Waals surface area (Å²) in [5.74, 6) is 0.0416. The Morgan fingerprint density at radius 1 is 1.41 bits per heavy atom. The van der Waals surface area contributed by atoms with E-state index in [0.29, 0.717) is 25.4 Å². The first-order valence-electron chi connectivity index (χ1n) is 9.27. The molecule has 2 aromatic heterocycles. The molecule has 0 spiro atoms. The van der Waals surface area contributed by atoms with E-state index >= 15 is 0 Å². The number of carbonyl (C=O) groups is 2. The number of ether oxygens (including phenoxy) is 1. The van der Waals surface area contributed by atoms with Crippen LogP contribution in [-0.2, 0) is 9.53 Å². The van der Waals surface area contributed by atoms with Crippen LogP contribution >= 0.6 is 11.3 Å². The number of hydrogen-bond donors (Lipinski definition) is 1. The highest BCUT2D eigenvalue weighted by molar-refractivity contribution is 7.12. The molecular weight excluding hydrogens is 362 g/mol. The highest BCUT2D eigenvalue weighted by Crippen LogP contribution is 2.33. The number of thiophene rings is 1. The standard InChI is InChI=1S/C20H23N3O3S/c1-13-7-18(27-12-13)20(25)23-6-4-17-14(10-23)8-15(11-26-17)19(24)22-16-3-2-5-21-9-16/h2-3,5,7,9,12,14-15,17H,4,6,8,10-11H2,1H3,(H,22,24)/t14-,15-,17+/m0/s1. The van der Waals surface area contributed by atoms with E-state index in [0.717, 1.165) is 23.3 Å². The molecule has 6 nitrogen and oxygen atoms in total. The minimum Gasteiger partial charge on any atom is -0.377 e. The quantitative estimate of drug-likeness (QED) is 0.882. The number of nitrogens with zero attached hydrogens (tertiary/aromatic N) is 2. The van der Waals surface area contributed by atoms with Crippen molar-refractivity contribution < 1.29 is 14.3 Å². The van der Waals surface area contributed by atoms with Gasteiger partial charge in [0.1, 0.15) is 0 Å². The Bertz CT molecular complexity index is 823. The van der Waals surface area contributed by atoms with Gasteiger partial charge in [0.15, 0.2) is 0 Å². The van der Waals surface area contributed by atoms with Gasteiger partial charge in [0.2, 0.25) is 5.91 Å². The van der Waals surface area contributed by atoms with Gasteiger partial charge in [0.25, 0.3) is 5.91 Å². The third-order valence-corrected chi connectivity index (χ3v) is 6.33. The van der Waals surface area contributed by atoms with Crippen LogP contribution in [0.3, 0.4) is 0 Å². The van der Waals surface area contributed by atoms with E-state index in [1.54, 1.807) is 18.5 Å². The Balaban J connectivity index is 1.38. The first-order valence-corrected chi connectivity index (χ1v) is 10.1. The van der Waals surface area contributed by atoms with Crippen LogP contribution in [-0.4, -0.2) is 47.5 Å². The summed E-state index contributed by atoms with van der Waals surface area (Å²) in [6.45, 7) is 3.80. The maximum absolute atomic E-state index is 12.8. The molecule has 2 saturated heterocycles. The molecule has 3 atom stereocenters. The van der Waals surface area contributed by atoms with Crippen LogP contribution < -0.4 is 5.32 Å². The molecular formula is C20H23N3O3S. The fraction of sp³-hybridized carbons (Fsp3) is 0.450. The molecule has 0 saturated carbocycles. The van der Waals surface area contributed by atoms with Crippen LogP contribution in [0.2, 0.25) is 0 Å². The lowest BCUT2D eigenvalue weighted by Crippen LogP contribution is -2.51. The molecule has 0 radical (unpaired) electrons. The number of fused-ring (bicyclic) bond motifs is 1. The molecule has 0 bridgehead atoms. The van der Waals surface area contributed by atoms with Crippen LogP contribution in [0.15, 0.2) is 36.0 Å². The monoisotopic (exact) mass is 385 g/mol. The maximum atomic E-state index is 12.8. The maximum Gasteiger partial charge on any atom is 0.263 e. The smallest absolute Gasteiger partial charge is 0.263 e. The zero-order valence-electron chi connectivity index (χ0n) is 15.3. The first-order chi connectivity index (χ1) is 13.1. The molecule has 2 aliphatic rings. The van der Waals surface area contributed by atoms with Crippen LogP contribution in [0.4, 0.5) is 5.69 Å². The number of pyridine rings is 1. The fourth-order valence-electron chi connectivity index (χ4n) is 3.88. The van der Waals surface area contributed by atoms with Gasteiger partial charge >= 0.3 is 0 Å². The number of hydrogen-bond acceptors (Lipinski definition) is 5. The molecule has 0 aromatic carbocycles. The van der Waals surface area contributed by atoms with Crippen molar-refractivity contribution in [3.05, 3.63) is 46.4 Å². The number of anilines is 1. The van der Waals surface area contributed by atoms with Crippen LogP contribution in [0, 0.1) is 18.8 Å². The molecule has 27 heavy (non-hydrogen) atoms. The Kier molecular flexibility index (Phi) is 5.22. The Morgan fingerprint density at radius 3 is 3.04 bits per heavy atom. The molecule has 142 valence electrons. The van der Waals surface area contributed by atoms with Gasteiger partial charge in [-0.25, -0.2) is 0 Å². The number of nitrogens with one attached hydrogen (secondary N) is 1. The van der Waals surface area contributed by atoms with E-state index in [9.17, 15) is 9.59 Å². The molecule has 7 heteroatoms. The van der Waals surface area contributed by atoms with Crippen molar-refractivity contribution in [3.63, 3.8) is 0 Å². The van der Waals surface area contributed by atoms with Gasteiger partial charge in [0.05, 0.1) is 35.4 Å². The van der Waals surface area contributed by atoms with Crippen molar-refractivity contribution in [2.45, 2.75) is 25.9 Å². The number of likely N-dealkylation sites (tertiary alicyclic amines) is 1. The number of rotatable bonds is 3. The summed E-state index contributed by atoms with van der Waals surface area (Å²) >= 11 is 1.49. The summed E-state index contributed by atoms with van der Waals surface area (Å²) in [5.41, 5.74) is 1.81. The minimum atomic E-state index is -0.203. The minimum absolute atomic E-state index is 0.0428. The van der Waals surface area contributed by atoms with Gasteiger partial charge in [-0.15, -0.1) is 11.3 Å². The van der Waals surface area contributed by atoms with E-state index in [1.165, 1.54) is 11.3 Å². The molecule has 0 aliphatic carbocycles. The molecule has 2 aliphatic heterocycles. The van der Waals surface area contributed by atoms with Gasteiger partial charge in [-0.3, -0.25) is 14.6 Å². The average Bonchev–Trinajstić information content (AvgIpc) is 3.13. The lowest BCUT2D eigenvalue weighted by molar-refractivity contribution is -0.133. The van der Waals surface area contributed by atoms with Crippen LogP contribution in [0.5, 0.6) is 0 Å². The third kappa shape index (κ3) is 4.04. The van der Waals surface area contributed by atoms with Crippen molar-refractivity contribution in [2.75, 3.05) is 25.0 Å². The van der Waals surface area contributed by atoms with Crippen LogP contribution in [0.25, 0.3) is 0 Å². The summed E-state index contributed by atoms with van der Waals surface area (Å²) in [5, 5.41) is 4.91. The summed E-state index contributed by atoms with van der Waals surface area (Å²) in [7, 11) is 0. The van der Waals surface area contributed by atoms with E-state index < -0.39 is 0 Å². The molecule has 4 heterocycles. The third-order valence-electron chi connectivity index (χ3n) is 5.29. The second-order valence-corrected chi connectivity index (χ2v) is 8.23. The molecule has 4 rings (SSSR count). The van der Waals surface area contributed by atoms with Gasteiger partial charge in [-0.2, -0.15) is 0 Å². The SMILES string of the molecule is Cc1csc(C(=O)N2CC[C@H]3OC[C@@H](C(=O)Nc4cccnc4)C[C@H]3C2)c1. The van der Waals surface area contributed by atoms with Crippen molar-refractivity contribution >= 4 is 28.8 Å². The Morgan fingerprint density at radius 2 is 2.30 bits per heavy atom. The zero-order valence-corrected chi connectivity index (χ0v) is 16.1. The van der Waals surface area contributed by atoms with E-state index in [2.05, 4.69) is 10.3 Å². The molecule has 2 aromatic rings. The molecule has 2 fully saturated rings. The fourth-order valence-corrected chi connectivity index (χ4v) is 4.74. The van der Waals surface area contributed by atoms with Gasteiger partial charge < -0.3 is 15.0 Å². The van der Waals surface area contributed by atoms with Gasteiger partial charge in [0, 0.05) is 25.2 Å². The van der Waals surface area contributed by atoms with Gasteiger partial charge in [-0.1, -0.05) is 0 Å². The molecule has 1 N–H and O–H groups in total. The molecule has 0 unspecified atom stereocenters. The summed E-state index contributed by atoms with van der Waals surface area (Å²) in [6.07, 6.45) is 5.02. The second-order valence-electron chi connectivity index (χ2n) is 7.32. The number of amides is 2. The highest BCUT2D eigenvalue weighted by Gasteiger charge is 2.39. The number of carbonyl (C=O) groups excluding carboxylic acids is 2. The van der Waals surface area contributed by atoms with E-state index in [4.69, 9.17) is 4.74 Å². The zero-order chi connectivity index (χ0) is 18.8. The summed E-state index contributed by atoms with van der Waals surface area (Å²) < 4.78 is 5.98. The van der Waals surface area contributed by atoms with E-state index in [-0.39, 0.29) is 29.8 Å². The predicted octanol–water partition coefficient (Wildman–Crippen LogP) is 2.96. The number of aromatic nitrogens is 1. The average molecular weight is 385 g/mol. The van der Waals surface area contributed by atoms with Crippen molar-refractivity contribution in [1.82, 2.24) is 9.88 Å². The highest BCUT2D eigenvalue weighted by atomic mass is 32.1. The summed E-state index contributed by atoms with van der Waals surface area (Å²) in [6, 6.07) is 5.56. The largest absolute Gasteiger partial charge is 0.377 e. The van der Waals surface area contributed by atoms with Crippen molar-refractivity contribution in [3.8, 4) is 0 Å². The topological polar surface area (TPSA) is 71.5 Å². The van der Waals surface area contributed by atoms with Crippen LogP contribution in [0.1, 0.15) is 28.1 Å². The number of aryl methyl sites for hydroxylation is 1. The predicted molar refractivity (Wildman–Crippen MR) is 104 cm³/mol. The molecule has 2 amide bonds. The second kappa shape index (κ2) is 7.78. The first kappa shape index (κ1) is 18.1. The Labute approximate surface area is 162 Å². The van der Waals surface area contributed by atoms with Gasteiger partial charge in [-0.05, 0) is 48.9 Å². The lowest BCUT2D eigenvalue weighted by atomic mass is 9.83. The van der Waals surface area contributed by atoms with E-state index in [1.807, 2.05) is 29.3 Å². The lowest BCUT2D eigenvalue weighted by Gasteiger charge is -2.43. The Hall–Kier alpha value is -2.25.